The van der Waals surface area contributed by atoms with Crippen LogP contribution in [0.3, 0.4) is 0 Å². The van der Waals surface area contributed by atoms with Gasteiger partial charge in [0.2, 0.25) is 10.0 Å². The number of carbonyl (C=O) groups is 1. The van der Waals surface area contributed by atoms with Crippen molar-refractivity contribution in [3.63, 3.8) is 0 Å². The van der Waals surface area contributed by atoms with Crippen LogP contribution in [0.25, 0.3) is 0 Å². The van der Waals surface area contributed by atoms with Gasteiger partial charge in [-0.05, 0) is 31.2 Å². The molecule has 2 rings (SSSR count). The van der Waals surface area contributed by atoms with Crippen molar-refractivity contribution in [1.29, 1.82) is 0 Å². The maximum Gasteiger partial charge on any atom is 0.255 e. The minimum atomic E-state index is -3.80. The summed E-state index contributed by atoms with van der Waals surface area (Å²) < 4.78 is 32.5. The lowest BCUT2D eigenvalue weighted by Crippen LogP contribution is -2.36. The smallest absolute Gasteiger partial charge is 0.255 e. The van der Waals surface area contributed by atoms with Crippen molar-refractivity contribution in [2.75, 3.05) is 19.7 Å². The highest BCUT2D eigenvalue weighted by Gasteiger charge is 2.26. The van der Waals surface area contributed by atoms with Gasteiger partial charge in [-0.15, -0.1) is 0 Å². The fraction of sp³-hybridized carbons (Fsp3) is 0.417. The minimum Gasteiger partial charge on any atom is -0.482 e. The molecule has 0 radical (unpaired) electrons. The average molecular weight is 334 g/mol. The van der Waals surface area contributed by atoms with E-state index in [1.165, 1.54) is 18.2 Å². The summed E-state index contributed by atoms with van der Waals surface area (Å²) in [6, 6.07) is 3.97. The molecule has 1 aromatic rings. The number of nitrogens with one attached hydrogen (secondary N) is 2. The maximum absolute atomic E-state index is 12.4. The van der Waals surface area contributed by atoms with Crippen LogP contribution in [-0.4, -0.2) is 40.1 Å². The summed E-state index contributed by atoms with van der Waals surface area (Å²) in [7, 11) is -3.80. The molecule has 0 saturated carbocycles. The van der Waals surface area contributed by atoms with E-state index in [-0.39, 0.29) is 21.7 Å². The zero-order valence-corrected chi connectivity index (χ0v) is 12.7. The molecule has 116 valence electrons. The summed E-state index contributed by atoms with van der Waals surface area (Å²) >= 11 is 5.85. The third-order valence-electron chi connectivity index (χ3n) is 2.95. The van der Waals surface area contributed by atoms with E-state index in [1.807, 2.05) is 0 Å². The number of carbonyl (C=O) groups excluding carboxylic acids is 1. The summed E-state index contributed by atoms with van der Waals surface area (Å²) in [5.41, 5.74) is 5.00. The number of hydrogen-bond donors (Lipinski definition) is 3. The number of primary amides is 1. The molecule has 1 aliphatic rings. The zero-order chi connectivity index (χ0) is 15.5. The van der Waals surface area contributed by atoms with Crippen LogP contribution in [0.5, 0.6) is 5.75 Å². The summed E-state index contributed by atoms with van der Waals surface area (Å²) in [4.78, 5) is 10.7. The molecule has 0 aromatic heterocycles. The fourth-order valence-electron chi connectivity index (χ4n) is 2.00. The molecule has 9 heteroatoms. The molecule has 1 saturated heterocycles. The molecule has 7 nitrogen and oxygen atoms in total. The van der Waals surface area contributed by atoms with Gasteiger partial charge in [0.1, 0.15) is 10.6 Å². The number of amides is 1. The van der Waals surface area contributed by atoms with Crippen molar-refractivity contribution in [2.45, 2.75) is 17.4 Å². The molecule has 1 amide bonds. The van der Waals surface area contributed by atoms with Crippen molar-refractivity contribution in [1.82, 2.24) is 10.0 Å². The normalized spacial score (nSPS) is 18.6. The Morgan fingerprint density at radius 2 is 2.29 bits per heavy atom. The summed E-state index contributed by atoms with van der Waals surface area (Å²) in [5.74, 6) is -0.655. The van der Waals surface area contributed by atoms with Crippen LogP contribution in [-0.2, 0) is 14.8 Å². The third-order valence-corrected chi connectivity index (χ3v) is 4.72. The Morgan fingerprint density at radius 3 is 2.90 bits per heavy atom. The van der Waals surface area contributed by atoms with Gasteiger partial charge in [-0.25, -0.2) is 13.1 Å². The number of benzene rings is 1. The van der Waals surface area contributed by atoms with Crippen LogP contribution in [0, 0.1) is 0 Å². The molecule has 1 unspecified atom stereocenters. The van der Waals surface area contributed by atoms with Crippen LogP contribution < -0.4 is 20.5 Å². The molecule has 1 aromatic carbocycles. The van der Waals surface area contributed by atoms with E-state index in [4.69, 9.17) is 22.1 Å². The quantitative estimate of drug-likeness (QED) is 0.670. The molecule has 0 bridgehead atoms. The van der Waals surface area contributed by atoms with Gasteiger partial charge in [-0.3, -0.25) is 4.79 Å². The van der Waals surface area contributed by atoms with Gasteiger partial charge in [0.15, 0.2) is 6.61 Å². The fourth-order valence-corrected chi connectivity index (χ4v) is 3.68. The number of hydrogen-bond acceptors (Lipinski definition) is 5. The molecule has 0 aliphatic carbocycles. The van der Waals surface area contributed by atoms with Crippen LogP contribution in [0.1, 0.15) is 6.42 Å². The Labute approximate surface area is 127 Å². The summed E-state index contributed by atoms with van der Waals surface area (Å²) in [6.45, 7) is 0.917. The summed E-state index contributed by atoms with van der Waals surface area (Å²) in [5, 5.41) is 3.32. The second-order valence-electron chi connectivity index (χ2n) is 4.66. The second kappa shape index (κ2) is 6.61. The van der Waals surface area contributed by atoms with Crippen LogP contribution in [0.15, 0.2) is 23.1 Å². The first kappa shape index (κ1) is 16.0. The van der Waals surface area contributed by atoms with E-state index in [0.29, 0.717) is 13.0 Å². The van der Waals surface area contributed by atoms with Crippen molar-refractivity contribution in [2.24, 2.45) is 5.73 Å². The van der Waals surface area contributed by atoms with Gasteiger partial charge in [0.05, 0.1) is 0 Å². The maximum atomic E-state index is 12.4. The van der Waals surface area contributed by atoms with Gasteiger partial charge in [0.25, 0.3) is 5.91 Å². The topological polar surface area (TPSA) is 111 Å². The number of rotatable bonds is 6. The molecule has 1 heterocycles. The first-order chi connectivity index (χ1) is 9.88. The molecule has 1 aliphatic heterocycles. The van der Waals surface area contributed by atoms with Crippen LogP contribution in [0.2, 0.25) is 5.02 Å². The predicted octanol–water partition coefficient (Wildman–Crippen LogP) is -0.156. The van der Waals surface area contributed by atoms with Crippen molar-refractivity contribution >= 4 is 27.5 Å². The first-order valence-electron chi connectivity index (χ1n) is 6.32. The van der Waals surface area contributed by atoms with E-state index >= 15 is 0 Å². The molecular formula is C12H16ClN3O4S. The third kappa shape index (κ3) is 4.31. The molecule has 1 atom stereocenters. The van der Waals surface area contributed by atoms with Gasteiger partial charge >= 0.3 is 0 Å². The molecule has 21 heavy (non-hydrogen) atoms. The number of sulfonamides is 1. The van der Waals surface area contributed by atoms with Crippen molar-refractivity contribution in [3.8, 4) is 5.75 Å². The average Bonchev–Trinajstić information content (AvgIpc) is 2.89. The largest absolute Gasteiger partial charge is 0.482 e. The van der Waals surface area contributed by atoms with Gasteiger partial charge < -0.3 is 15.8 Å². The van der Waals surface area contributed by atoms with Crippen LogP contribution in [0.4, 0.5) is 0 Å². The number of nitrogens with two attached hydrogens (primary N) is 1. The van der Waals surface area contributed by atoms with E-state index in [9.17, 15) is 13.2 Å². The highest BCUT2D eigenvalue weighted by Crippen LogP contribution is 2.27. The SMILES string of the molecule is NC(=O)COc1ccc(Cl)cc1S(=O)(=O)NC1CCNC1. The minimum absolute atomic E-state index is 0.0386. The lowest BCUT2D eigenvalue weighted by atomic mass is 10.3. The molecular weight excluding hydrogens is 318 g/mol. The summed E-state index contributed by atoms with van der Waals surface area (Å²) in [6.07, 6.45) is 0.706. The van der Waals surface area contributed by atoms with Crippen LogP contribution >= 0.6 is 11.6 Å². The molecule has 0 spiro atoms. The highest BCUT2D eigenvalue weighted by atomic mass is 35.5. The Bertz CT molecular complexity index is 629. The first-order valence-corrected chi connectivity index (χ1v) is 8.18. The lowest BCUT2D eigenvalue weighted by molar-refractivity contribution is -0.120. The van der Waals surface area contributed by atoms with Gasteiger partial charge in [0, 0.05) is 17.6 Å². The zero-order valence-electron chi connectivity index (χ0n) is 11.1. The Kier molecular flexibility index (Phi) is 5.04. The van der Waals surface area contributed by atoms with E-state index in [0.717, 1.165) is 6.54 Å². The van der Waals surface area contributed by atoms with Gasteiger partial charge in [-0.2, -0.15) is 0 Å². The number of halogens is 1. The highest BCUT2D eigenvalue weighted by molar-refractivity contribution is 7.89. The van der Waals surface area contributed by atoms with Crippen molar-refractivity contribution < 1.29 is 17.9 Å². The monoisotopic (exact) mass is 333 g/mol. The second-order valence-corrected chi connectivity index (χ2v) is 6.78. The Hall–Kier alpha value is -1.35. The predicted molar refractivity (Wildman–Crippen MR) is 77.7 cm³/mol. The lowest BCUT2D eigenvalue weighted by Gasteiger charge is -2.15. The Morgan fingerprint density at radius 1 is 1.52 bits per heavy atom. The van der Waals surface area contributed by atoms with E-state index in [1.54, 1.807) is 0 Å². The molecule has 4 N–H and O–H groups in total. The molecule has 1 fully saturated rings. The standard InChI is InChI=1S/C12H16ClN3O4S/c13-8-1-2-10(20-7-12(14)17)11(5-8)21(18,19)16-9-3-4-15-6-9/h1-2,5,9,15-16H,3-4,6-7H2,(H2,14,17). The Balaban J connectivity index is 2.26. The van der Waals surface area contributed by atoms with E-state index in [2.05, 4.69) is 10.0 Å². The van der Waals surface area contributed by atoms with Gasteiger partial charge in [-0.1, -0.05) is 11.6 Å². The van der Waals surface area contributed by atoms with E-state index < -0.39 is 22.5 Å². The van der Waals surface area contributed by atoms with Crippen molar-refractivity contribution in [3.05, 3.63) is 23.2 Å². The number of ether oxygens (including phenoxy) is 1.